The van der Waals surface area contributed by atoms with Gasteiger partial charge in [0.15, 0.2) is 25.0 Å². The summed E-state index contributed by atoms with van der Waals surface area (Å²) in [5.41, 5.74) is 1.58. The Bertz CT molecular complexity index is 1170. The standard InChI is InChI=1S/C32H58N2O6Si3/c1-30-16-14-22(33-36-3)18-25(30)27(39-42(8,9)10)19-23-24-15-17-32(40-43(11,12)13,31(24,2)20-26(35)29(23)30)28(34-37-4)21-38-41(5,6)7/h18,23-24,27,29H,14-17,19-21H2,1-13H3/b33-22-,34-28+/t23-,24-,27+,29+,30-,31-,32-/m0/s1. The third-order valence-corrected chi connectivity index (χ3v) is 13.2. The van der Waals surface area contributed by atoms with Crippen LogP contribution in [-0.4, -0.2) is 74.7 Å². The van der Waals surface area contributed by atoms with Crippen molar-refractivity contribution in [2.45, 2.75) is 123 Å². The van der Waals surface area contributed by atoms with Crippen molar-refractivity contribution in [1.29, 1.82) is 0 Å². The van der Waals surface area contributed by atoms with Crippen molar-refractivity contribution in [3.8, 4) is 0 Å². The lowest BCUT2D eigenvalue weighted by Crippen LogP contribution is -2.65. The fourth-order valence-corrected chi connectivity index (χ4v) is 12.1. The number of carbonyl (C=O) groups is 1. The number of allylic oxidation sites excluding steroid dienone is 1. The third-order valence-electron chi connectivity index (χ3n) is 10.3. The Morgan fingerprint density at radius 3 is 2.19 bits per heavy atom. The minimum Gasteiger partial charge on any atom is -0.412 e. The van der Waals surface area contributed by atoms with Crippen molar-refractivity contribution in [3.63, 3.8) is 0 Å². The van der Waals surface area contributed by atoms with E-state index in [2.05, 4.69) is 89.2 Å². The number of oxime groups is 2. The number of nitrogens with zero attached hydrogens (tertiary/aromatic N) is 2. The quantitative estimate of drug-likeness (QED) is 0.139. The number of hydrogen-bond donors (Lipinski definition) is 0. The predicted octanol–water partition coefficient (Wildman–Crippen LogP) is 7.40. The molecule has 11 heteroatoms. The van der Waals surface area contributed by atoms with Crippen molar-refractivity contribution in [3.05, 3.63) is 11.6 Å². The number of rotatable bonds is 10. The highest BCUT2D eigenvalue weighted by atomic mass is 28.4. The van der Waals surface area contributed by atoms with Gasteiger partial charge < -0.3 is 23.0 Å². The molecular formula is C32H58N2O6Si3. The highest BCUT2D eigenvalue weighted by molar-refractivity contribution is 6.70. The van der Waals surface area contributed by atoms with Crippen LogP contribution in [0.2, 0.25) is 58.9 Å². The molecule has 3 fully saturated rings. The van der Waals surface area contributed by atoms with Gasteiger partial charge in [-0.1, -0.05) is 24.2 Å². The number of fused-ring (bicyclic) bond motifs is 5. The summed E-state index contributed by atoms with van der Waals surface area (Å²) in [6, 6.07) is 0. The molecule has 3 saturated carbocycles. The lowest BCUT2D eigenvalue weighted by atomic mass is 9.45. The highest BCUT2D eigenvalue weighted by Crippen LogP contribution is 2.68. The van der Waals surface area contributed by atoms with Crippen molar-refractivity contribution in [1.82, 2.24) is 0 Å². The Morgan fingerprint density at radius 1 is 0.953 bits per heavy atom. The zero-order valence-electron chi connectivity index (χ0n) is 29.2. The summed E-state index contributed by atoms with van der Waals surface area (Å²) in [5.74, 6) is 0.792. The molecule has 43 heavy (non-hydrogen) atoms. The van der Waals surface area contributed by atoms with Gasteiger partial charge in [0.05, 0.1) is 18.4 Å². The molecule has 0 aromatic carbocycles. The minimum atomic E-state index is -2.10. The SMILES string of the molecule is CO/N=C1\C=C2[C@H](O[Si](C)(C)C)C[C@@H]3[C@H](C(=O)C[C@@]4(C)[C@H]3CC[C@]4(O[Si](C)(C)C)/C(CO[Si](C)(C)C)=N/OC)[C@@]2(C)CC1. The molecule has 4 aliphatic rings. The van der Waals surface area contributed by atoms with Crippen molar-refractivity contribution in [2.75, 3.05) is 20.8 Å². The smallest absolute Gasteiger partial charge is 0.185 e. The van der Waals surface area contributed by atoms with Gasteiger partial charge in [-0.05, 0) is 115 Å². The van der Waals surface area contributed by atoms with Crippen LogP contribution in [0.25, 0.3) is 0 Å². The summed E-state index contributed by atoms with van der Waals surface area (Å²) < 4.78 is 20.7. The predicted molar refractivity (Wildman–Crippen MR) is 181 cm³/mol. The number of carbonyl (C=O) groups excluding carboxylic acids is 1. The van der Waals surface area contributed by atoms with E-state index in [0.29, 0.717) is 24.7 Å². The maximum atomic E-state index is 14.7. The summed E-state index contributed by atoms with van der Waals surface area (Å²) >= 11 is 0. The molecule has 0 amide bonds. The Kier molecular flexibility index (Phi) is 9.63. The van der Waals surface area contributed by atoms with Crippen molar-refractivity contribution >= 4 is 42.2 Å². The van der Waals surface area contributed by atoms with Gasteiger partial charge in [-0.2, -0.15) is 0 Å². The second kappa shape index (κ2) is 11.9. The van der Waals surface area contributed by atoms with Crippen LogP contribution in [0.1, 0.15) is 52.4 Å². The summed E-state index contributed by atoms with van der Waals surface area (Å²) in [4.78, 5) is 25.4. The van der Waals surface area contributed by atoms with Gasteiger partial charge >= 0.3 is 0 Å². The van der Waals surface area contributed by atoms with E-state index in [1.807, 2.05) is 0 Å². The van der Waals surface area contributed by atoms with E-state index in [1.165, 1.54) is 5.57 Å². The fourth-order valence-electron chi connectivity index (χ4n) is 8.97. The topological polar surface area (TPSA) is 87.9 Å². The molecule has 4 aliphatic carbocycles. The van der Waals surface area contributed by atoms with E-state index < -0.39 is 36.0 Å². The lowest BCUT2D eigenvalue weighted by molar-refractivity contribution is -0.153. The van der Waals surface area contributed by atoms with E-state index in [1.54, 1.807) is 14.2 Å². The van der Waals surface area contributed by atoms with Crippen LogP contribution in [0.4, 0.5) is 0 Å². The molecule has 0 heterocycles. The van der Waals surface area contributed by atoms with E-state index in [-0.39, 0.29) is 23.4 Å². The largest absolute Gasteiger partial charge is 0.412 e. The molecule has 0 aromatic heterocycles. The number of ketones is 1. The van der Waals surface area contributed by atoms with Gasteiger partial charge in [-0.3, -0.25) is 4.79 Å². The normalized spacial score (nSPS) is 37.9. The van der Waals surface area contributed by atoms with Gasteiger partial charge in [0, 0.05) is 23.2 Å². The first-order valence-electron chi connectivity index (χ1n) is 16.2. The molecule has 8 nitrogen and oxygen atoms in total. The van der Waals surface area contributed by atoms with E-state index in [0.717, 1.165) is 43.5 Å². The van der Waals surface area contributed by atoms with Crippen LogP contribution < -0.4 is 0 Å². The Hall–Kier alpha value is -1.12. The van der Waals surface area contributed by atoms with Crippen molar-refractivity contribution < 1.29 is 27.7 Å². The molecular weight excluding hydrogens is 593 g/mol. The summed E-state index contributed by atoms with van der Waals surface area (Å²) in [6.45, 7) is 25.1. The first-order chi connectivity index (χ1) is 19.7. The second-order valence-electron chi connectivity index (χ2n) is 16.7. The van der Waals surface area contributed by atoms with Crippen LogP contribution in [0.3, 0.4) is 0 Å². The Balaban J connectivity index is 1.84. The molecule has 7 atom stereocenters. The van der Waals surface area contributed by atoms with E-state index in [4.69, 9.17) is 23.0 Å². The summed E-state index contributed by atoms with van der Waals surface area (Å²) in [5, 5.41) is 8.96. The Morgan fingerprint density at radius 2 is 1.63 bits per heavy atom. The van der Waals surface area contributed by atoms with Gasteiger partial charge in [-0.25, -0.2) is 0 Å². The van der Waals surface area contributed by atoms with Gasteiger partial charge in [0.2, 0.25) is 0 Å². The molecule has 0 unspecified atom stereocenters. The summed E-state index contributed by atoms with van der Waals surface area (Å²) in [7, 11) is -2.66. The maximum Gasteiger partial charge on any atom is 0.185 e. The van der Waals surface area contributed by atoms with Crippen LogP contribution in [0, 0.1) is 28.6 Å². The van der Waals surface area contributed by atoms with Crippen LogP contribution >= 0.6 is 0 Å². The first kappa shape index (κ1) is 34.7. The van der Waals surface area contributed by atoms with Crippen LogP contribution in [0.5, 0.6) is 0 Å². The van der Waals surface area contributed by atoms with Gasteiger partial charge in [-0.15, -0.1) is 0 Å². The molecule has 0 saturated heterocycles. The highest BCUT2D eigenvalue weighted by Gasteiger charge is 2.70. The third kappa shape index (κ3) is 6.72. The fraction of sp³-hybridized carbons (Fsp3) is 0.844. The van der Waals surface area contributed by atoms with Crippen LogP contribution in [-0.2, 0) is 27.7 Å². The van der Waals surface area contributed by atoms with E-state index in [9.17, 15) is 4.79 Å². The monoisotopic (exact) mass is 650 g/mol. The molecule has 0 aromatic rings. The average molecular weight is 651 g/mol. The van der Waals surface area contributed by atoms with Crippen LogP contribution in [0.15, 0.2) is 22.0 Å². The molecule has 244 valence electrons. The zero-order valence-corrected chi connectivity index (χ0v) is 32.2. The molecule has 0 bridgehead atoms. The van der Waals surface area contributed by atoms with Gasteiger partial charge in [0.1, 0.15) is 31.3 Å². The van der Waals surface area contributed by atoms with Gasteiger partial charge in [0.25, 0.3) is 0 Å². The zero-order chi connectivity index (χ0) is 32.2. The van der Waals surface area contributed by atoms with E-state index >= 15 is 0 Å². The van der Waals surface area contributed by atoms with Crippen molar-refractivity contribution in [2.24, 2.45) is 38.9 Å². The Labute approximate surface area is 263 Å². The molecule has 0 N–H and O–H groups in total. The number of Topliss-reactive ketones (excluding diaryl/α,β-unsaturated/α-hetero) is 1. The summed E-state index contributed by atoms with van der Waals surface area (Å²) in [6.07, 6.45) is 6.94. The molecule has 4 rings (SSSR count). The minimum absolute atomic E-state index is 0.0364. The average Bonchev–Trinajstić information content (AvgIpc) is 3.11. The first-order valence-corrected chi connectivity index (χ1v) is 26.4. The maximum absolute atomic E-state index is 14.7. The molecule has 0 radical (unpaired) electrons. The second-order valence-corrected chi connectivity index (χ2v) is 30.1. The lowest BCUT2D eigenvalue weighted by Gasteiger charge is -2.61. The number of hydrogen-bond acceptors (Lipinski definition) is 8. The molecule has 0 aliphatic heterocycles. The molecule has 0 spiro atoms.